The van der Waals surface area contributed by atoms with Crippen LogP contribution in [0.3, 0.4) is 0 Å². The maximum Gasteiger partial charge on any atom is 0.227 e. The minimum absolute atomic E-state index is 0.132. The lowest BCUT2D eigenvalue weighted by atomic mass is 10.1. The van der Waals surface area contributed by atoms with E-state index in [4.69, 9.17) is 4.74 Å². The number of para-hydroxylation sites is 1. The quantitative estimate of drug-likeness (QED) is 0.813. The molecule has 2 aliphatic heterocycles. The summed E-state index contributed by atoms with van der Waals surface area (Å²) in [4.78, 5) is 18.9. The van der Waals surface area contributed by atoms with Crippen LogP contribution in [0.25, 0.3) is 0 Å². The number of piperazine rings is 1. The van der Waals surface area contributed by atoms with Gasteiger partial charge in [0.05, 0.1) is 25.3 Å². The molecule has 6 heteroatoms. The first kappa shape index (κ1) is 18.7. The van der Waals surface area contributed by atoms with Crippen LogP contribution >= 0.6 is 0 Å². The van der Waals surface area contributed by atoms with Crippen LogP contribution in [0.4, 0.5) is 15.8 Å². The van der Waals surface area contributed by atoms with E-state index in [0.717, 1.165) is 31.9 Å². The Morgan fingerprint density at radius 1 is 0.857 bits per heavy atom. The molecule has 28 heavy (non-hydrogen) atoms. The number of hydrogen-bond acceptors (Lipinski definition) is 4. The standard InChI is InChI=1S/C22H26FN3O2/c23-20-3-1-2-4-21(20)25-9-11-26(12-10-25)22(27)17-18-5-7-19(8-6-18)24-13-15-28-16-14-24/h1-8H,9-17H2. The maximum absolute atomic E-state index is 14.0. The predicted molar refractivity (Wildman–Crippen MR) is 108 cm³/mol. The van der Waals surface area contributed by atoms with Crippen LogP contribution in [0.5, 0.6) is 0 Å². The van der Waals surface area contributed by atoms with Gasteiger partial charge in [0.1, 0.15) is 5.82 Å². The largest absolute Gasteiger partial charge is 0.378 e. The molecular weight excluding hydrogens is 357 g/mol. The van der Waals surface area contributed by atoms with E-state index in [1.165, 1.54) is 11.8 Å². The number of rotatable bonds is 4. The van der Waals surface area contributed by atoms with Crippen LogP contribution in [-0.2, 0) is 16.0 Å². The summed E-state index contributed by atoms with van der Waals surface area (Å²) >= 11 is 0. The first-order chi connectivity index (χ1) is 13.7. The summed E-state index contributed by atoms with van der Waals surface area (Å²) in [6.07, 6.45) is 0.406. The second-order valence-corrected chi connectivity index (χ2v) is 7.26. The van der Waals surface area contributed by atoms with E-state index in [9.17, 15) is 9.18 Å². The van der Waals surface area contributed by atoms with Crippen molar-refractivity contribution in [1.82, 2.24) is 4.90 Å². The SMILES string of the molecule is O=C(Cc1ccc(N2CCOCC2)cc1)N1CCN(c2ccccc2F)CC1. The highest BCUT2D eigenvalue weighted by molar-refractivity contribution is 5.79. The molecule has 0 spiro atoms. The summed E-state index contributed by atoms with van der Waals surface area (Å²) in [6.45, 7) is 5.90. The summed E-state index contributed by atoms with van der Waals surface area (Å²) in [5, 5.41) is 0. The van der Waals surface area contributed by atoms with Crippen molar-refractivity contribution in [3.63, 3.8) is 0 Å². The minimum atomic E-state index is -0.206. The fourth-order valence-electron chi connectivity index (χ4n) is 3.84. The second-order valence-electron chi connectivity index (χ2n) is 7.26. The molecule has 2 heterocycles. The van der Waals surface area contributed by atoms with Crippen molar-refractivity contribution >= 4 is 17.3 Å². The third-order valence-corrected chi connectivity index (χ3v) is 5.49. The molecular formula is C22H26FN3O2. The highest BCUT2D eigenvalue weighted by atomic mass is 19.1. The average molecular weight is 383 g/mol. The van der Waals surface area contributed by atoms with Gasteiger partial charge in [-0.05, 0) is 29.8 Å². The van der Waals surface area contributed by atoms with Gasteiger partial charge in [0.25, 0.3) is 0 Å². The molecule has 0 aromatic heterocycles. The molecule has 0 unspecified atom stereocenters. The van der Waals surface area contributed by atoms with Crippen LogP contribution in [0.1, 0.15) is 5.56 Å². The molecule has 2 saturated heterocycles. The van der Waals surface area contributed by atoms with Gasteiger partial charge in [-0.1, -0.05) is 24.3 Å². The van der Waals surface area contributed by atoms with Crippen LogP contribution in [0.2, 0.25) is 0 Å². The molecule has 0 bridgehead atoms. The minimum Gasteiger partial charge on any atom is -0.378 e. The molecule has 2 aliphatic rings. The van der Waals surface area contributed by atoms with Gasteiger partial charge in [0, 0.05) is 45.0 Å². The van der Waals surface area contributed by atoms with E-state index in [-0.39, 0.29) is 11.7 Å². The van der Waals surface area contributed by atoms with Gasteiger partial charge in [0.2, 0.25) is 5.91 Å². The first-order valence-electron chi connectivity index (χ1n) is 9.89. The highest BCUT2D eigenvalue weighted by Gasteiger charge is 2.22. The summed E-state index contributed by atoms with van der Waals surface area (Å²) in [5.74, 6) is -0.0741. The fraction of sp³-hybridized carbons (Fsp3) is 0.409. The van der Waals surface area contributed by atoms with E-state index in [1.807, 2.05) is 28.0 Å². The molecule has 0 aliphatic carbocycles. The Kier molecular flexibility index (Phi) is 5.76. The van der Waals surface area contributed by atoms with Gasteiger partial charge >= 0.3 is 0 Å². The zero-order chi connectivity index (χ0) is 19.3. The van der Waals surface area contributed by atoms with Crippen molar-refractivity contribution in [2.24, 2.45) is 0 Å². The van der Waals surface area contributed by atoms with E-state index >= 15 is 0 Å². The molecule has 2 aromatic carbocycles. The van der Waals surface area contributed by atoms with Crippen molar-refractivity contribution < 1.29 is 13.9 Å². The number of anilines is 2. The molecule has 148 valence electrons. The third-order valence-electron chi connectivity index (χ3n) is 5.49. The van der Waals surface area contributed by atoms with Gasteiger partial charge < -0.3 is 19.4 Å². The topological polar surface area (TPSA) is 36.0 Å². The van der Waals surface area contributed by atoms with Crippen molar-refractivity contribution in [2.75, 3.05) is 62.3 Å². The Bertz CT molecular complexity index is 798. The molecule has 2 aromatic rings. The number of halogens is 1. The lowest BCUT2D eigenvalue weighted by molar-refractivity contribution is -0.130. The molecule has 4 rings (SSSR count). The molecule has 0 radical (unpaired) electrons. The zero-order valence-corrected chi connectivity index (χ0v) is 16.0. The lowest BCUT2D eigenvalue weighted by Crippen LogP contribution is -2.49. The molecule has 1 amide bonds. The summed E-state index contributed by atoms with van der Waals surface area (Å²) < 4.78 is 19.3. The maximum atomic E-state index is 14.0. The molecule has 0 saturated carbocycles. The van der Waals surface area contributed by atoms with Gasteiger partial charge in [-0.3, -0.25) is 4.79 Å². The van der Waals surface area contributed by atoms with E-state index in [1.54, 1.807) is 12.1 Å². The normalized spacial score (nSPS) is 17.7. The van der Waals surface area contributed by atoms with Crippen LogP contribution in [0.15, 0.2) is 48.5 Å². The first-order valence-corrected chi connectivity index (χ1v) is 9.89. The van der Waals surface area contributed by atoms with Crippen LogP contribution < -0.4 is 9.80 Å². The monoisotopic (exact) mass is 383 g/mol. The lowest BCUT2D eigenvalue weighted by Gasteiger charge is -2.36. The Morgan fingerprint density at radius 3 is 2.21 bits per heavy atom. The van der Waals surface area contributed by atoms with Gasteiger partial charge in [-0.2, -0.15) is 0 Å². The smallest absolute Gasteiger partial charge is 0.227 e. The van der Waals surface area contributed by atoms with Crippen molar-refractivity contribution in [1.29, 1.82) is 0 Å². The van der Waals surface area contributed by atoms with E-state index in [2.05, 4.69) is 17.0 Å². The number of hydrogen-bond donors (Lipinski definition) is 0. The molecule has 0 N–H and O–H groups in total. The number of benzene rings is 2. The Morgan fingerprint density at radius 2 is 1.54 bits per heavy atom. The van der Waals surface area contributed by atoms with E-state index in [0.29, 0.717) is 38.3 Å². The van der Waals surface area contributed by atoms with Crippen LogP contribution in [-0.4, -0.2) is 63.3 Å². The number of carbonyl (C=O) groups excluding carboxylic acids is 1. The molecule has 0 atom stereocenters. The van der Waals surface area contributed by atoms with Crippen LogP contribution in [0, 0.1) is 5.82 Å². The van der Waals surface area contributed by atoms with Gasteiger partial charge in [0.15, 0.2) is 0 Å². The number of carbonyl (C=O) groups is 1. The summed E-state index contributed by atoms with van der Waals surface area (Å²) in [7, 11) is 0. The number of nitrogens with zero attached hydrogens (tertiary/aromatic N) is 3. The van der Waals surface area contributed by atoms with Crippen molar-refractivity contribution in [2.45, 2.75) is 6.42 Å². The Labute approximate surface area is 165 Å². The number of morpholine rings is 1. The number of ether oxygens (including phenoxy) is 1. The Hall–Kier alpha value is -2.60. The molecule has 5 nitrogen and oxygen atoms in total. The van der Waals surface area contributed by atoms with Gasteiger partial charge in [-0.15, -0.1) is 0 Å². The second kappa shape index (κ2) is 8.61. The predicted octanol–water partition coefficient (Wildman–Crippen LogP) is 2.55. The average Bonchev–Trinajstić information content (AvgIpc) is 2.75. The summed E-state index contributed by atoms with van der Waals surface area (Å²) in [6, 6.07) is 15.1. The van der Waals surface area contributed by atoms with Gasteiger partial charge in [-0.25, -0.2) is 4.39 Å². The molecule has 2 fully saturated rings. The summed E-state index contributed by atoms with van der Waals surface area (Å²) in [5.41, 5.74) is 2.82. The number of amides is 1. The third kappa shape index (κ3) is 4.28. The van der Waals surface area contributed by atoms with E-state index < -0.39 is 0 Å². The Balaban J connectivity index is 1.30. The van der Waals surface area contributed by atoms with Crippen molar-refractivity contribution in [3.05, 3.63) is 59.9 Å². The fourth-order valence-corrected chi connectivity index (χ4v) is 3.84. The highest BCUT2D eigenvalue weighted by Crippen LogP contribution is 2.21. The zero-order valence-electron chi connectivity index (χ0n) is 16.0. The van der Waals surface area contributed by atoms with Crippen molar-refractivity contribution in [3.8, 4) is 0 Å².